The van der Waals surface area contributed by atoms with E-state index in [-0.39, 0.29) is 46.6 Å². The average molecular weight is 554 g/mol. The lowest BCUT2D eigenvalue weighted by Crippen LogP contribution is -2.29. The smallest absolute Gasteiger partial charge is 0.295 e. The summed E-state index contributed by atoms with van der Waals surface area (Å²) in [6.45, 7) is 2.08. The Hall–Kier alpha value is -4.37. The van der Waals surface area contributed by atoms with E-state index < -0.39 is 23.5 Å². The zero-order chi connectivity index (χ0) is 28.3. The maximum absolute atomic E-state index is 13.5. The molecule has 0 bridgehead atoms. The highest BCUT2D eigenvalue weighted by Gasteiger charge is 2.46. The molecule has 1 aliphatic rings. The standard InChI is InChI=1S/C29H28ClNO8/c1-5-39-24-12-17(9-10-21(24)32)26-25(27(33)19-13-20(30)23(38-4)14-22(19)37-3)28(34)29(35)31(26)15-16-7-6-8-18(11-16)36-2/h6-14,26,32-33H,5,15H2,1-4H3/b27-25+. The van der Waals surface area contributed by atoms with E-state index in [4.69, 9.17) is 30.5 Å². The molecule has 0 saturated carbocycles. The highest BCUT2D eigenvalue weighted by atomic mass is 35.5. The minimum Gasteiger partial charge on any atom is -0.507 e. The first kappa shape index (κ1) is 27.7. The monoisotopic (exact) mass is 553 g/mol. The second-order valence-electron chi connectivity index (χ2n) is 8.63. The maximum Gasteiger partial charge on any atom is 0.295 e. The minimum atomic E-state index is -1.03. The maximum atomic E-state index is 13.5. The normalized spacial score (nSPS) is 16.3. The Bertz CT molecular complexity index is 1450. The zero-order valence-electron chi connectivity index (χ0n) is 21.9. The predicted molar refractivity (Wildman–Crippen MR) is 145 cm³/mol. The zero-order valence-corrected chi connectivity index (χ0v) is 22.6. The number of aromatic hydroxyl groups is 1. The number of hydrogen-bond donors (Lipinski definition) is 2. The summed E-state index contributed by atoms with van der Waals surface area (Å²) in [5.74, 6) is -1.02. The van der Waals surface area contributed by atoms with Crippen LogP contribution in [-0.4, -0.2) is 54.7 Å². The van der Waals surface area contributed by atoms with Crippen molar-refractivity contribution in [1.29, 1.82) is 0 Å². The fourth-order valence-corrected chi connectivity index (χ4v) is 4.76. The van der Waals surface area contributed by atoms with E-state index >= 15 is 0 Å². The van der Waals surface area contributed by atoms with Crippen LogP contribution in [-0.2, 0) is 16.1 Å². The molecule has 1 unspecified atom stereocenters. The number of phenols is 1. The first-order valence-electron chi connectivity index (χ1n) is 12.0. The van der Waals surface area contributed by atoms with Crippen LogP contribution in [0.15, 0.2) is 60.2 Å². The van der Waals surface area contributed by atoms with Crippen molar-refractivity contribution < 1.29 is 38.7 Å². The van der Waals surface area contributed by atoms with Crippen molar-refractivity contribution in [3.05, 3.63) is 81.9 Å². The molecular weight excluding hydrogens is 526 g/mol. The van der Waals surface area contributed by atoms with Gasteiger partial charge >= 0.3 is 0 Å². The molecule has 1 heterocycles. The van der Waals surface area contributed by atoms with Crippen LogP contribution in [0.5, 0.6) is 28.7 Å². The Morgan fingerprint density at radius 1 is 0.949 bits per heavy atom. The van der Waals surface area contributed by atoms with Gasteiger partial charge in [-0.1, -0.05) is 29.8 Å². The molecule has 0 spiro atoms. The molecule has 0 aromatic heterocycles. The Morgan fingerprint density at radius 3 is 2.36 bits per heavy atom. The molecule has 1 amide bonds. The lowest BCUT2D eigenvalue weighted by Gasteiger charge is -2.26. The third kappa shape index (κ3) is 5.31. The molecular formula is C29H28ClNO8. The number of amides is 1. The molecule has 3 aromatic rings. The van der Waals surface area contributed by atoms with E-state index in [9.17, 15) is 19.8 Å². The first-order chi connectivity index (χ1) is 18.7. The number of ether oxygens (including phenoxy) is 4. The molecule has 2 N–H and O–H groups in total. The predicted octanol–water partition coefficient (Wildman–Crippen LogP) is 5.09. The summed E-state index contributed by atoms with van der Waals surface area (Å²) in [6, 6.07) is 13.5. The number of methoxy groups -OCH3 is 3. The molecule has 1 atom stereocenters. The summed E-state index contributed by atoms with van der Waals surface area (Å²) in [4.78, 5) is 28.3. The van der Waals surface area contributed by atoms with Gasteiger partial charge < -0.3 is 34.1 Å². The van der Waals surface area contributed by atoms with Crippen molar-refractivity contribution in [3.63, 3.8) is 0 Å². The number of nitrogens with zero attached hydrogens (tertiary/aromatic N) is 1. The molecule has 39 heavy (non-hydrogen) atoms. The summed E-state index contributed by atoms with van der Waals surface area (Å²) in [7, 11) is 4.36. The molecule has 4 rings (SSSR count). The number of carbonyl (C=O) groups is 2. The Labute approximate surface area is 230 Å². The molecule has 0 aliphatic carbocycles. The number of Topliss-reactive ketones (excluding diaryl/α,β-unsaturated/α-hetero) is 1. The third-order valence-corrected chi connectivity index (χ3v) is 6.65. The first-order valence-corrected chi connectivity index (χ1v) is 12.4. The number of ketones is 1. The summed E-state index contributed by atoms with van der Waals surface area (Å²) >= 11 is 6.33. The van der Waals surface area contributed by atoms with Crippen molar-refractivity contribution in [2.24, 2.45) is 0 Å². The van der Waals surface area contributed by atoms with Crippen LogP contribution in [0.1, 0.15) is 29.7 Å². The van der Waals surface area contributed by atoms with Gasteiger partial charge in [0.15, 0.2) is 11.5 Å². The van der Waals surface area contributed by atoms with Gasteiger partial charge in [-0.3, -0.25) is 9.59 Å². The van der Waals surface area contributed by atoms with Gasteiger partial charge in [-0.2, -0.15) is 0 Å². The number of aliphatic hydroxyl groups excluding tert-OH is 1. The number of aliphatic hydroxyl groups is 1. The van der Waals surface area contributed by atoms with Crippen molar-refractivity contribution in [1.82, 2.24) is 4.90 Å². The SMILES string of the molecule is CCOc1cc(C2/C(=C(\O)c3cc(Cl)c(OC)cc3OC)C(=O)C(=O)N2Cc2cccc(OC)c2)ccc1O. The fraction of sp³-hybridized carbons (Fsp3) is 0.241. The largest absolute Gasteiger partial charge is 0.507 e. The van der Waals surface area contributed by atoms with Crippen LogP contribution in [0.25, 0.3) is 5.76 Å². The van der Waals surface area contributed by atoms with Crippen molar-refractivity contribution >= 4 is 29.1 Å². The van der Waals surface area contributed by atoms with Gasteiger partial charge in [-0.15, -0.1) is 0 Å². The van der Waals surface area contributed by atoms with Gasteiger partial charge in [-0.05, 0) is 48.4 Å². The summed E-state index contributed by atoms with van der Waals surface area (Å²) < 4.78 is 21.5. The summed E-state index contributed by atoms with van der Waals surface area (Å²) in [6.07, 6.45) is 0. The molecule has 1 aliphatic heterocycles. The Morgan fingerprint density at radius 2 is 1.69 bits per heavy atom. The van der Waals surface area contributed by atoms with Gasteiger partial charge in [0.05, 0.1) is 50.1 Å². The second-order valence-corrected chi connectivity index (χ2v) is 9.03. The number of likely N-dealkylation sites (tertiary alicyclic amines) is 1. The van der Waals surface area contributed by atoms with Crippen LogP contribution < -0.4 is 18.9 Å². The number of halogens is 1. The van der Waals surface area contributed by atoms with Crippen molar-refractivity contribution in [3.8, 4) is 28.7 Å². The van der Waals surface area contributed by atoms with E-state index in [1.165, 1.54) is 44.4 Å². The third-order valence-electron chi connectivity index (χ3n) is 6.36. The van der Waals surface area contributed by atoms with Gasteiger partial charge in [0.1, 0.15) is 23.0 Å². The molecule has 1 fully saturated rings. The minimum absolute atomic E-state index is 0.0363. The van der Waals surface area contributed by atoms with Crippen LogP contribution in [0, 0.1) is 0 Å². The van der Waals surface area contributed by atoms with E-state index in [0.717, 1.165) is 0 Å². The van der Waals surface area contributed by atoms with Crippen LogP contribution in [0.4, 0.5) is 0 Å². The average Bonchev–Trinajstić information content (AvgIpc) is 3.18. The van der Waals surface area contributed by atoms with Crippen LogP contribution >= 0.6 is 11.6 Å². The van der Waals surface area contributed by atoms with Gasteiger partial charge in [-0.25, -0.2) is 0 Å². The highest BCUT2D eigenvalue weighted by Crippen LogP contribution is 2.45. The number of carbonyl (C=O) groups excluding carboxylic acids is 2. The van der Waals surface area contributed by atoms with Gasteiger partial charge in [0, 0.05) is 12.6 Å². The molecule has 10 heteroatoms. The molecule has 1 saturated heterocycles. The van der Waals surface area contributed by atoms with Gasteiger partial charge in [0.25, 0.3) is 11.7 Å². The molecule has 204 valence electrons. The number of rotatable bonds is 9. The lowest BCUT2D eigenvalue weighted by atomic mass is 9.94. The van der Waals surface area contributed by atoms with E-state index in [0.29, 0.717) is 22.6 Å². The van der Waals surface area contributed by atoms with E-state index in [1.54, 1.807) is 43.3 Å². The van der Waals surface area contributed by atoms with Crippen molar-refractivity contribution in [2.45, 2.75) is 19.5 Å². The molecule has 0 radical (unpaired) electrons. The summed E-state index contributed by atoms with van der Waals surface area (Å²) in [5.41, 5.74) is 1.08. The van der Waals surface area contributed by atoms with Crippen LogP contribution in [0.2, 0.25) is 5.02 Å². The van der Waals surface area contributed by atoms with Crippen molar-refractivity contribution in [2.75, 3.05) is 27.9 Å². The Kier molecular flexibility index (Phi) is 8.21. The van der Waals surface area contributed by atoms with E-state index in [2.05, 4.69) is 0 Å². The fourth-order valence-electron chi connectivity index (χ4n) is 4.52. The Balaban J connectivity index is 1.94. The highest BCUT2D eigenvalue weighted by molar-refractivity contribution is 6.46. The number of phenolic OH excluding ortho intramolecular Hbond substituents is 1. The second kappa shape index (κ2) is 11.6. The lowest BCUT2D eigenvalue weighted by molar-refractivity contribution is -0.140. The van der Waals surface area contributed by atoms with E-state index in [1.807, 2.05) is 0 Å². The number of benzene rings is 3. The van der Waals surface area contributed by atoms with Gasteiger partial charge in [0.2, 0.25) is 0 Å². The molecule has 9 nitrogen and oxygen atoms in total. The summed E-state index contributed by atoms with van der Waals surface area (Å²) in [5, 5.41) is 22.0. The topological polar surface area (TPSA) is 115 Å². The quantitative estimate of drug-likeness (QED) is 0.214. The number of hydrogen-bond acceptors (Lipinski definition) is 8. The molecule has 3 aromatic carbocycles. The van der Waals surface area contributed by atoms with Crippen LogP contribution in [0.3, 0.4) is 0 Å².